The van der Waals surface area contributed by atoms with Crippen molar-refractivity contribution in [2.75, 3.05) is 22.8 Å². The summed E-state index contributed by atoms with van der Waals surface area (Å²) in [6.07, 6.45) is 6.98. The van der Waals surface area contributed by atoms with E-state index in [9.17, 15) is 13.5 Å². The standard InChI is InChI=1S/C22H28N4O4S2/c1-14-23-20(13-31-14)26(17-8-10-30-11-9-17)32(28,29)25-22(27)24-21-18-6-2-4-15(18)12-16-5-3-7-19(16)21/h12-13,17H,2-11H2,1H3,(H2,24,25,27)/p-1. The summed E-state index contributed by atoms with van der Waals surface area (Å²) in [5.74, 6) is 0.317. The lowest BCUT2D eigenvalue weighted by Crippen LogP contribution is -2.44. The highest BCUT2D eigenvalue weighted by atomic mass is 32.2. The number of fused-ring (bicyclic) bond motifs is 2. The molecule has 0 radical (unpaired) electrons. The van der Waals surface area contributed by atoms with E-state index in [0.717, 1.165) is 60.3 Å². The molecule has 1 aromatic heterocycles. The summed E-state index contributed by atoms with van der Waals surface area (Å²) in [4.78, 5) is 4.37. The zero-order valence-corrected chi connectivity index (χ0v) is 19.7. The van der Waals surface area contributed by atoms with Crippen molar-refractivity contribution in [3.05, 3.63) is 38.7 Å². The lowest BCUT2D eigenvalue weighted by molar-refractivity contribution is -0.213. The van der Waals surface area contributed by atoms with E-state index in [1.807, 2.05) is 6.92 Å². The topological polar surface area (TPSA) is 107 Å². The predicted octanol–water partition coefficient (Wildman–Crippen LogP) is 2.49. The largest absolute Gasteiger partial charge is 0.845 e. The summed E-state index contributed by atoms with van der Waals surface area (Å²) in [5.41, 5.74) is 5.61. The van der Waals surface area contributed by atoms with E-state index in [2.05, 4.69) is 20.8 Å². The third kappa shape index (κ3) is 4.11. The molecule has 8 nitrogen and oxygen atoms in total. The molecule has 1 saturated heterocycles. The van der Waals surface area contributed by atoms with E-state index in [-0.39, 0.29) is 6.04 Å². The Morgan fingerprint density at radius 3 is 2.44 bits per heavy atom. The first-order chi connectivity index (χ1) is 15.4. The number of anilines is 2. The SMILES string of the molecule is Cc1nc(N(C2CCOCC2)S(=O)(=O)/N=C(\[O-])Nc2c3c(cc4c2CCC4)CCC3)cs1. The fraction of sp³-hybridized carbons (Fsp3) is 0.545. The zero-order valence-electron chi connectivity index (χ0n) is 18.1. The van der Waals surface area contributed by atoms with Crippen LogP contribution in [0.3, 0.4) is 0 Å². The second-order valence-electron chi connectivity index (χ2n) is 8.60. The number of rotatable bonds is 5. The minimum absolute atomic E-state index is 0.317. The smallest absolute Gasteiger partial charge is 0.346 e. The molecular formula is C22H27N4O4S2-. The summed E-state index contributed by atoms with van der Waals surface area (Å²) >= 11 is 1.37. The van der Waals surface area contributed by atoms with Gasteiger partial charge in [-0.25, -0.2) is 9.29 Å². The molecule has 172 valence electrons. The highest BCUT2D eigenvalue weighted by Crippen LogP contribution is 2.38. The van der Waals surface area contributed by atoms with Crippen molar-refractivity contribution in [2.45, 2.75) is 64.3 Å². The Kier molecular flexibility index (Phi) is 5.85. The average molecular weight is 476 g/mol. The molecule has 2 heterocycles. The summed E-state index contributed by atoms with van der Waals surface area (Å²) in [5, 5.41) is 18.2. The number of nitrogens with zero attached hydrogens (tertiary/aromatic N) is 3. The van der Waals surface area contributed by atoms with E-state index < -0.39 is 16.2 Å². The molecular weight excluding hydrogens is 448 g/mol. The van der Waals surface area contributed by atoms with Crippen molar-refractivity contribution in [3.8, 4) is 0 Å². The van der Waals surface area contributed by atoms with Gasteiger partial charge in [0.1, 0.15) is 0 Å². The van der Waals surface area contributed by atoms with Gasteiger partial charge in [0.2, 0.25) is 0 Å². The van der Waals surface area contributed by atoms with E-state index in [1.165, 1.54) is 26.8 Å². The van der Waals surface area contributed by atoms with Crippen LogP contribution in [-0.4, -0.2) is 38.7 Å². The first-order valence-electron chi connectivity index (χ1n) is 11.2. The Morgan fingerprint density at radius 1 is 1.19 bits per heavy atom. The first-order valence-corrected chi connectivity index (χ1v) is 13.4. The van der Waals surface area contributed by atoms with Crippen LogP contribution < -0.4 is 14.7 Å². The molecule has 0 amide bonds. The van der Waals surface area contributed by atoms with Crippen molar-refractivity contribution >= 4 is 39.1 Å². The molecule has 0 unspecified atom stereocenters. The third-order valence-electron chi connectivity index (χ3n) is 6.51. The number of amidine groups is 1. The van der Waals surface area contributed by atoms with Crippen molar-refractivity contribution in [3.63, 3.8) is 0 Å². The number of nitrogens with one attached hydrogen (secondary N) is 1. The Bertz CT molecular complexity index is 1120. The average Bonchev–Trinajstić information content (AvgIpc) is 3.49. The molecule has 32 heavy (non-hydrogen) atoms. The molecule has 1 fully saturated rings. The Labute approximate surface area is 192 Å². The molecule has 0 saturated carbocycles. The fourth-order valence-electron chi connectivity index (χ4n) is 5.11. The lowest BCUT2D eigenvalue weighted by atomic mass is 9.99. The van der Waals surface area contributed by atoms with Crippen LogP contribution in [0, 0.1) is 6.92 Å². The van der Waals surface area contributed by atoms with Crippen LogP contribution in [0.1, 0.15) is 52.9 Å². The van der Waals surface area contributed by atoms with E-state index in [0.29, 0.717) is 31.9 Å². The van der Waals surface area contributed by atoms with Crippen LogP contribution >= 0.6 is 11.3 Å². The van der Waals surface area contributed by atoms with Gasteiger partial charge in [0.15, 0.2) is 5.82 Å². The van der Waals surface area contributed by atoms with E-state index >= 15 is 0 Å². The minimum atomic E-state index is -4.27. The van der Waals surface area contributed by atoms with Crippen LogP contribution in [0.2, 0.25) is 0 Å². The van der Waals surface area contributed by atoms with Gasteiger partial charge in [0.05, 0.1) is 17.1 Å². The molecule has 2 aromatic rings. The van der Waals surface area contributed by atoms with Crippen molar-refractivity contribution in [1.29, 1.82) is 0 Å². The van der Waals surface area contributed by atoms with Crippen molar-refractivity contribution in [1.82, 2.24) is 4.98 Å². The first kappa shape index (κ1) is 21.7. The van der Waals surface area contributed by atoms with Gasteiger partial charge < -0.3 is 15.2 Å². The summed E-state index contributed by atoms with van der Waals surface area (Å²) in [7, 11) is -4.27. The number of aryl methyl sites for hydroxylation is 3. The summed E-state index contributed by atoms with van der Waals surface area (Å²) in [6.45, 7) is 2.76. The normalized spacial score (nSPS) is 19.1. The molecule has 1 N–H and O–H groups in total. The van der Waals surface area contributed by atoms with Crippen molar-refractivity contribution in [2.24, 2.45) is 4.40 Å². The quantitative estimate of drug-likeness (QED) is 0.526. The van der Waals surface area contributed by atoms with Gasteiger partial charge in [0, 0.05) is 24.3 Å². The second kappa shape index (κ2) is 8.64. The molecule has 1 aliphatic heterocycles. The van der Waals surface area contributed by atoms with Gasteiger partial charge >= 0.3 is 10.2 Å². The third-order valence-corrected chi connectivity index (χ3v) is 8.65. The number of benzene rings is 1. The van der Waals surface area contributed by atoms with Crippen LogP contribution in [-0.2, 0) is 40.6 Å². The number of hydrogen-bond donors (Lipinski definition) is 1. The van der Waals surface area contributed by atoms with E-state index in [4.69, 9.17) is 4.74 Å². The minimum Gasteiger partial charge on any atom is -0.845 e. The zero-order chi connectivity index (χ0) is 22.3. The highest BCUT2D eigenvalue weighted by Gasteiger charge is 2.33. The maximum absolute atomic E-state index is 13.3. The Morgan fingerprint density at radius 2 is 1.84 bits per heavy atom. The monoisotopic (exact) mass is 475 g/mol. The maximum Gasteiger partial charge on any atom is 0.346 e. The summed E-state index contributed by atoms with van der Waals surface area (Å²) < 4.78 is 37.0. The second-order valence-corrected chi connectivity index (χ2v) is 11.1. The molecule has 0 spiro atoms. The molecule has 0 atom stereocenters. The van der Waals surface area contributed by atoms with Gasteiger partial charge in [-0.3, -0.25) is 0 Å². The number of hydrogen-bond acceptors (Lipinski definition) is 6. The maximum atomic E-state index is 13.3. The van der Waals surface area contributed by atoms with Gasteiger partial charge in [-0.2, -0.15) is 8.42 Å². The van der Waals surface area contributed by atoms with Gasteiger partial charge in [-0.05, 0) is 80.5 Å². The van der Waals surface area contributed by atoms with Gasteiger partial charge in [0.25, 0.3) is 0 Å². The predicted molar refractivity (Wildman–Crippen MR) is 124 cm³/mol. The van der Waals surface area contributed by atoms with E-state index in [1.54, 1.807) is 5.38 Å². The number of thiazole rings is 1. The molecule has 3 aliphatic rings. The van der Waals surface area contributed by atoms with Crippen molar-refractivity contribution < 1.29 is 18.3 Å². The number of aromatic nitrogens is 1. The Balaban J connectivity index is 1.48. The van der Waals surface area contributed by atoms with Gasteiger partial charge in [-0.1, -0.05) is 6.07 Å². The molecule has 0 bridgehead atoms. The highest BCUT2D eigenvalue weighted by molar-refractivity contribution is 7.91. The molecule has 10 heteroatoms. The molecule has 1 aromatic carbocycles. The van der Waals surface area contributed by atoms with Crippen LogP contribution in [0.4, 0.5) is 11.5 Å². The fourth-order valence-corrected chi connectivity index (χ4v) is 7.03. The van der Waals surface area contributed by atoms with Crippen LogP contribution in [0.5, 0.6) is 0 Å². The van der Waals surface area contributed by atoms with Gasteiger partial charge in [-0.15, -0.1) is 15.7 Å². The molecule has 2 aliphatic carbocycles. The van der Waals surface area contributed by atoms with Crippen LogP contribution in [0.25, 0.3) is 0 Å². The Hall–Kier alpha value is -2.17. The number of ether oxygens (including phenoxy) is 1. The lowest BCUT2D eigenvalue weighted by Gasteiger charge is -2.32. The van der Waals surface area contributed by atoms with Crippen LogP contribution in [0.15, 0.2) is 15.8 Å². The summed E-state index contributed by atoms with van der Waals surface area (Å²) in [6, 6.07) is 1.09. The molecule has 5 rings (SSSR count).